The lowest BCUT2D eigenvalue weighted by atomic mass is 10.0. The first kappa shape index (κ1) is 14.0. The van der Waals surface area contributed by atoms with Gasteiger partial charge in [-0.3, -0.25) is 9.59 Å². The number of rotatable bonds is 7. The van der Waals surface area contributed by atoms with Gasteiger partial charge in [-0.15, -0.1) is 0 Å². The fourth-order valence-electron chi connectivity index (χ4n) is 2.12. The molecule has 17 heavy (non-hydrogen) atoms. The number of carbonyl (C=O) groups is 2. The second kappa shape index (κ2) is 6.59. The summed E-state index contributed by atoms with van der Waals surface area (Å²) < 4.78 is 0. The summed E-state index contributed by atoms with van der Waals surface area (Å²) in [4.78, 5) is 21.7. The molecule has 0 aromatic rings. The van der Waals surface area contributed by atoms with Crippen molar-refractivity contribution in [3.63, 3.8) is 0 Å². The summed E-state index contributed by atoms with van der Waals surface area (Å²) in [6, 6.07) is 0. The molecule has 0 aliphatic heterocycles. The molecular formula is C12H21NO4. The summed E-state index contributed by atoms with van der Waals surface area (Å²) in [6.07, 6.45) is 5.10. The van der Waals surface area contributed by atoms with Crippen LogP contribution in [0.25, 0.3) is 0 Å². The molecule has 1 fully saturated rings. The lowest BCUT2D eigenvalue weighted by Gasteiger charge is -2.22. The predicted molar refractivity (Wildman–Crippen MR) is 62.5 cm³/mol. The number of aliphatic hydroxyl groups is 1. The minimum absolute atomic E-state index is 0.101. The van der Waals surface area contributed by atoms with Crippen molar-refractivity contribution >= 4 is 11.9 Å². The average molecular weight is 243 g/mol. The third-order valence-electron chi connectivity index (χ3n) is 3.19. The van der Waals surface area contributed by atoms with Gasteiger partial charge in [0.2, 0.25) is 5.91 Å². The summed E-state index contributed by atoms with van der Waals surface area (Å²) in [5.41, 5.74) is -0.712. The highest BCUT2D eigenvalue weighted by molar-refractivity contribution is 5.76. The van der Waals surface area contributed by atoms with Crippen molar-refractivity contribution in [1.29, 1.82) is 0 Å². The molecule has 1 aliphatic carbocycles. The van der Waals surface area contributed by atoms with E-state index in [9.17, 15) is 14.7 Å². The molecular weight excluding hydrogens is 222 g/mol. The summed E-state index contributed by atoms with van der Waals surface area (Å²) >= 11 is 0. The third kappa shape index (κ3) is 5.68. The van der Waals surface area contributed by atoms with Crippen molar-refractivity contribution < 1.29 is 19.8 Å². The Bertz CT molecular complexity index is 272. The van der Waals surface area contributed by atoms with Crippen LogP contribution in [0, 0.1) is 0 Å². The van der Waals surface area contributed by atoms with Crippen molar-refractivity contribution in [3.05, 3.63) is 0 Å². The number of carboxylic acids is 1. The van der Waals surface area contributed by atoms with Crippen LogP contribution in [0.1, 0.15) is 51.4 Å². The zero-order valence-corrected chi connectivity index (χ0v) is 10.1. The van der Waals surface area contributed by atoms with E-state index in [0.717, 1.165) is 25.7 Å². The monoisotopic (exact) mass is 243 g/mol. The highest BCUT2D eigenvalue weighted by atomic mass is 16.4. The van der Waals surface area contributed by atoms with E-state index in [2.05, 4.69) is 5.32 Å². The molecule has 0 bridgehead atoms. The third-order valence-corrected chi connectivity index (χ3v) is 3.19. The molecule has 0 radical (unpaired) electrons. The first-order valence-electron chi connectivity index (χ1n) is 6.23. The highest BCUT2D eigenvalue weighted by Crippen LogP contribution is 2.28. The van der Waals surface area contributed by atoms with E-state index in [1.54, 1.807) is 0 Å². The average Bonchev–Trinajstić information content (AvgIpc) is 2.69. The standard InChI is InChI=1S/C12H21NO4/c14-10(5-1-2-6-11(15)16)13-9-12(17)7-3-4-8-12/h17H,1-9H2,(H,13,14)(H,15,16). The Balaban J connectivity index is 2.06. The van der Waals surface area contributed by atoms with Crippen LogP contribution in [0.5, 0.6) is 0 Å². The molecule has 0 aromatic carbocycles. The molecule has 5 nitrogen and oxygen atoms in total. The Labute approximate surface area is 101 Å². The normalized spacial score (nSPS) is 17.9. The van der Waals surface area contributed by atoms with Gasteiger partial charge in [0.05, 0.1) is 5.60 Å². The zero-order chi connectivity index (χ0) is 12.7. The molecule has 1 rings (SSSR count). The van der Waals surface area contributed by atoms with E-state index in [0.29, 0.717) is 25.8 Å². The summed E-state index contributed by atoms with van der Waals surface area (Å²) in [6.45, 7) is 0.324. The minimum atomic E-state index is -0.828. The maximum atomic E-state index is 11.4. The smallest absolute Gasteiger partial charge is 0.303 e. The second-order valence-electron chi connectivity index (χ2n) is 4.81. The molecule has 0 atom stereocenters. The van der Waals surface area contributed by atoms with E-state index in [1.165, 1.54) is 0 Å². The molecule has 0 heterocycles. The molecule has 0 spiro atoms. The van der Waals surface area contributed by atoms with Crippen LogP contribution in [0.4, 0.5) is 0 Å². The van der Waals surface area contributed by atoms with E-state index >= 15 is 0 Å². The van der Waals surface area contributed by atoms with Crippen molar-refractivity contribution in [2.75, 3.05) is 6.54 Å². The largest absolute Gasteiger partial charge is 0.481 e. The van der Waals surface area contributed by atoms with Crippen molar-refractivity contribution in [2.24, 2.45) is 0 Å². The molecule has 0 aromatic heterocycles. The van der Waals surface area contributed by atoms with E-state index in [1.807, 2.05) is 0 Å². The van der Waals surface area contributed by atoms with Crippen molar-refractivity contribution in [1.82, 2.24) is 5.32 Å². The Morgan fingerprint density at radius 2 is 1.71 bits per heavy atom. The Morgan fingerprint density at radius 3 is 2.29 bits per heavy atom. The Morgan fingerprint density at radius 1 is 1.12 bits per heavy atom. The highest BCUT2D eigenvalue weighted by Gasteiger charge is 2.31. The van der Waals surface area contributed by atoms with Gasteiger partial charge in [0.25, 0.3) is 0 Å². The van der Waals surface area contributed by atoms with Crippen LogP contribution in [0.2, 0.25) is 0 Å². The zero-order valence-electron chi connectivity index (χ0n) is 10.1. The SMILES string of the molecule is O=C(O)CCCCC(=O)NCC1(O)CCCC1. The number of carboxylic acid groups (broad SMARTS) is 1. The number of hydrogen-bond acceptors (Lipinski definition) is 3. The van der Waals surface area contributed by atoms with Gasteiger partial charge in [0, 0.05) is 19.4 Å². The first-order valence-corrected chi connectivity index (χ1v) is 6.23. The fourth-order valence-corrected chi connectivity index (χ4v) is 2.12. The predicted octanol–water partition coefficient (Wildman–Crippen LogP) is 1.05. The summed E-state index contributed by atoms with van der Waals surface area (Å²) in [7, 11) is 0. The van der Waals surface area contributed by atoms with Gasteiger partial charge < -0.3 is 15.5 Å². The minimum Gasteiger partial charge on any atom is -0.481 e. The quantitative estimate of drug-likeness (QED) is 0.583. The summed E-state index contributed by atoms with van der Waals surface area (Å²) in [5.74, 6) is -0.929. The number of carbonyl (C=O) groups excluding carboxylic acids is 1. The van der Waals surface area contributed by atoms with Crippen LogP contribution in [0.15, 0.2) is 0 Å². The Hall–Kier alpha value is -1.10. The van der Waals surface area contributed by atoms with Gasteiger partial charge in [-0.25, -0.2) is 0 Å². The number of unbranched alkanes of at least 4 members (excludes halogenated alkanes) is 1. The number of nitrogens with one attached hydrogen (secondary N) is 1. The lowest BCUT2D eigenvalue weighted by Crippen LogP contribution is -2.40. The van der Waals surface area contributed by atoms with Crippen LogP contribution in [-0.2, 0) is 9.59 Å². The maximum absolute atomic E-state index is 11.4. The topological polar surface area (TPSA) is 86.6 Å². The van der Waals surface area contributed by atoms with Crippen molar-refractivity contribution in [3.8, 4) is 0 Å². The van der Waals surface area contributed by atoms with Crippen LogP contribution < -0.4 is 5.32 Å². The molecule has 3 N–H and O–H groups in total. The Kier molecular flexibility index (Phi) is 5.41. The number of hydrogen-bond donors (Lipinski definition) is 3. The van der Waals surface area contributed by atoms with Gasteiger partial charge in [-0.1, -0.05) is 12.8 Å². The van der Waals surface area contributed by atoms with Gasteiger partial charge >= 0.3 is 5.97 Å². The fraction of sp³-hybridized carbons (Fsp3) is 0.833. The number of amides is 1. The van der Waals surface area contributed by atoms with Gasteiger partial charge in [0.15, 0.2) is 0 Å². The van der Waals surface area contributed by atoms with E-state index in [-0.39, 0.29) is 12.3 Å². The molecule has 5 heteroatoms. The molecule has 98 valence electrons. The molecule has 1 aliphatic rings. The van der Waals surface area contributed by atoms with Gasteiger partial charge in [0.1, 0.15) is 0 Å². The van der Waals surface area contributed by atoms with Gasteiger partial charge in [-0.2, -0.15) is 0 Å². The summed E-state index contributed by atoms with van der Waals surface area (Å²) in [5, 5.41) is 21.1. The molecule has 1 saturated carbocycles. The molecule has 1 amide bonds. The first-order chi connectivity index (χ1) is 8.02. The van der Waals surface area contributed by atoms with Crippen LogP contribution >= 0.6 is 0 Å². The van der Waals surface area contributed by atoms with Crippen LogP contribution in [-0.4, -0.2) is 34.2 Å². The van der Waals surface area contributed by atoms with Crippen molar-refractivity contribution in [2.45, 2.75) is 57.0 Å². The number of aliphatic carboxylic acids is 1. The molecule has 0 saturated heterocycles. The van der Waals surface area contributed by atoms with E-state index in [4.69, 9.17) is 5.11 Å². The maximum Gasteiger partial charge on any atom is 0.303 e. The van der Waals surface area contributed by atoms with E-state index < -0.39 is 11.6 Å². The molecule has 0 unspecified atom stereocenters. The van der Waals surface area contributed by atoms with Crippen LogP contribution in [0.3, 0.4) is 0 Å². The van der Waals surface area contributed by atoms with Gasteiger partial charge in [-0.05, 0) is 25.7 Å². The second-order valence-corrected chi connectivity index (χ2v) is 4.81. The lowest BCUT2D eigenvalue weighted by molar-refractivity contribution is -0.137.